The largest absolute Gasteiger partial charge is 0.494 e. The second-order valence-corrected chi connectivity index (χ2v) is 6.14. The monoisotopic (exact) mass is 318 g/mol. The van der Waals surface area contributed by atoms with Crippen LogP contribution in [0, 0.1) is 5.92 Å². The fraction of sp³-hybridized carbons (Fsp3) is 0.556. The summed E-state index contributed by atoms with van der Waals surface area (Å²) < 4.78 is 5.40. The topological polar surface area (TPSA) is 49.9 Å². The van der Waals surface area contributed by atoms with Gasteiger partial charge in [0.15, 0.2) is 0 Å². The van der Waals surface area contributed by atoms with Crippen molar-refractivity contribution in [2.24, 2.45) is 5.92 Å². The maximum Gasteiger partial charge on any atom is 0.226 e. The van der Waals surface area contributed by atoms with Crippen molar-refractivity contribution in [3.05, 3.63) is 29.8 Å². The number of ether oxygens (including phenoxy) is 1. The molecule has 2 amide bonds. The molecule has 23 heavy (non-hydrogen) atoms. The minimum atomic E-state index is 0.0551. The van der Waals surface area contributed by atoms with Crippen molar-refractivity contribution in [2.45, 2.75) is 26.2 Å². The van der Waals surface area contributed by atoms with E-state index in [1.54, 1.807) is 19.0 Å². The highest BCUT2D eigenvalue weighted by Crippen LogP contribution is 2.20. The zero-order valence-electron chi connectivity index (χ0n) is 14.2. The third kappa shape index (κ3) is 4.71. The van der Waals surface area contributed by atoms with Gasteiger partial charge in [0.25, 0.3) is 0 Å². The van der Waals surface area contributed by atoms with E-state index in [0.717, 1.165) is 24.2 Å². The lowest BCUT2D eigenvalue weighted by Crippen LogP contribution is -2.43. The molecule has 0 aliphatic carbocycles. The van der Waals surface area contributed by atoms with Gasteiger partial charge in [-0.3, -0.25) is 9.59 Å². The highest BCUT2D eigenvalue weighted by molar-refractivity contribution is 5.81. The van der Waals surface area contributed by atoms with Crippen LogP contribution < -0.4 is 4.74 Å². The molecule has 0 spiro atoms. The van der Waals surface area contributed by atoms with E-state index in [9.17, 15) is 9.59 Å². The Morgan fingerprint density at radius 2 is 1.78 bits per heavy atom. The maximum absolute atomic E-state index is 12.4. The van der Waals surface area contributed by atoms with Crippen LogP contribution in [0.3, 0.4) is 0 Å². The molecule has 0 bridgehead atoms. The molecule has 126 valence electrons. The number of likely N-dealkylation sites (tertiary alicyclic amines) is 1. The minimum Gasteiger partial charge on any atom is -0.494 e. The van der Waals surface area contributed by atoms with Crippen molar-refractivity contribution in [3.63, 3.8) is 0 Å². The van der Waals surface area contributed by atoms with E-state index in [-0.39, 0.29) is 17.7 Å². The van der Waals surface area contributed by atoms with Crippen LogP contribution in [0.2, 0.25) is 0 Å². The third-order valence-corrected chi connectivity index (χ3v) is 4.23. The molecule has 0 atom stereocenters. The van der Waals surface area contributed by atoms with Gasteiger partial charge in [0, 0.05) is 33.1 Å². The quantitative estimate of drug-likeness (QED) is 0.834. The zero-order chi connectivity index (χ0) is 16.8. The molecule has 5 nitrogen and oxygen atoms in total. The number of benzene rings is 1. The van der Waals surface area contributed by atoms with Crippen molar-refractivity contribution in [2.75, 3.05) is 33.8 Å². The van der Waals surface area contributed by atoms with Crippen LogP contribution in [0.4, 0.5) is 0 Å². The first-order valence-corrected chi connectivity index (χ1v) is 8.22. The first-order chi connectivity index (χ1) is 11.0. The molecular formula is C18H26N2O3. The number of piperidine rings is 1. The van der Waals surface area contributed by atoms with Crippen LogP contribution in [0.15, 0.2) is 24.3 Å². The van der Waals surface area contributed by atoms with Gasteiger partial charge in [0.1, 0.15) is 5.75 Å². The van der Waals surface area contributed by atoms with Gasteiger partial charge < -0.3 is 14.5 Å². The number of amides is 2. The van der Waals surface area contributed by atoms with Gasteiger partial charge in [-0.25, -0.2) is 0 Å². The first kappa shape index (κ1) is 17.3. The number of hydrogen-bond acceptors (Lipinski definition) is 3. The molecule has 2 rings (SSSR count). The van der Waals surface area contributed by atoms with Crippen molar-refractivity contribution < 1.29 is 14.3 Å². The summed E-state index contributed by atoms with van der Waals surface area (Å²) in [5, 5.41) is 0. The van der Waals surface area contributed by atoms with Crippen LogP contribution in [0.25, 0.3) is 0 Å². The summed E-state index contributed by atoms with van der Waals surface area (Å²) in [6, 6.07) is 7.67. The summed E-state index contributed by atoms with van der Waals surface area (Å²) >= 11 is 0. The predicted octanol–water partition coefficient (Wildman–Crippen LogP) is 1.95. The summed E-state index contributed by atoms with van der Waals surface area (Å²) in [5.41, 5.74) is 0.991. The standard InChI is InChI=1S/C18H26N2O3/c1-4-23-16-7-5-14(6-8-16)13-17(21)20-11-9-15(10-12-20)18(22)19(2)3/h5-8,15H,4,9-13H2,1-3H3. The van der Waals surface area contributed by atoms with E-state index in [2.05, 4.69) is 0 Å². The molecule has 0 unspecified atom stereocenters. The van der Waals surface area contributed by atoms with Crippen molar-refractivity contribution in [1.29, 1.82) is 0 Å². The Morgan fingerprint density at radius 1 is 1.17 bits per heavy atom. The Balaban J connectivity index is 1.84. The van der Waals surface area contributed by atoms with Gasteiger partial charge in [-0.15, -0.1) is 0 Å². The van der Waals surface area contributed by atoms with Crippen LogP contribution in [-0.2, 0) is 16.0 Å². The Hall–Kier alpha value is -2.04. The molecule has 0 aromatic heterocycles. The normalized spacial score (nSPS) is 15.3. The zero-order valence-corrected chi connectivity index (χ0v) is 14.2. The first-order valence-electron chi connectivity index (χ1n) is 8.22. The molecule has 1 aliphatic heterocycles. The molecule has 0 saturated carbocycles. The Bertz CT molecular complexity index is 532. The molecular weight excluding hydrogens is 292 g/mol. The fourth-order valence-electron chi connectivity index (χ4n) is 2.90. The van der Waals surface area contributed by atoms with Crippen molar-refractivity contribution in [1.82, 2.24) is 9.80 Å². The van der Waals surface area contributed by atoms with Gasteiger partial charge in [0.2, 0.25) is 11.8 Å². The van der Waals surface area contributed by atoms with Crippen LogP contribution in [0.5, 0.6) is 5.75 Å². The molecule has 1 saturated heterocycles. The molecule has 0 N–H and O–H groups in total. The third-order valence-electron chi connectivity index (χ3n) is 4.23. The second kappa shape index (κ2) is 7.99. The van der Waals surface area contributed by atoms with Crippen molar-refractivity contribution >= 4 is 11.8 Å². The van der Waals surface area contributed by atoms with Crippen LogP contribution in [-0.4, -0.2) is 55.4 Å². The maximum atomic E-state index is 12.4. The fourth-order valence-corrected chi connectivity index (χ4v) is 2.90. The van der Waals surface area contributed by atoms with Gasteiger partial charge in [-0.05, 0) is 37.5 Å². The van der Waals surface area contributed by atoms with E-state index in [1.807, 2.05) is 36.1 Å². The average molecular weight is 318 g/mol. The summed E-state index contributed by atoms with van der Waals surface area (Å²) in [6.45, 7) is 3.92. The Morgan fingerprint density at radius 3 is 2.30 bits per heavy atom. The smallest absolute Gasteiger partial charge is 0.226 e. The van der Waals surface area contributed by atoms with Gasteiger partial charge in [-0.2, -0.15) is 0 Å². The summed E-state index contributed by atoms with van der Waals surface area (Å²) in [6.07, 6.45) is 1.91. The van der Waals surface area contributed by atoms with Gasteiger partial charge in [0.05, 0.1) is 13.0 Å². The van der Waals surface area contributed by atoms with Crippen LogP contribution in [0.1, 0.15) is 25.3 Å². The summed E-state index contributed by atoms with van der Waals surface area (Å²) in [5.74, 6) is 1.18. The SMILES string of the molecule is CCOc1ccc(CC(=O)N2CCC(C(=O)N(C)C)CC2)cc1. The van der Waals surface area contributed by atoms with Gasteiger partial charge in [-0.1, -0.05) is 12.1 Å². The molecule has 1 fully saturated rings. The highest BCUT2D eigenvalue weighted by atomic mass is 16.5. The summed E-state index contributed by atoms with van der Waals surface area (Å²) in [4.78, 5) is 27.9. The molecule has 1 aromatic rings. The lowest BCUT2D eigenvalue weighted by Gasteiger charge is -2.32. The lowest BCUT2D eigenvalue weighted by atomic mass is 9.95. The molecule has 1 aliphatic rings. The molecule has 0 radical (unpaired) electrons. The summed E-state index contributed by atoms with van der Waals surface area (Å²) in [7, 11) is 3.57. The second-order valence-electron chi connectivity index (χ2n) is 6.14. The number of carbonyl (C=O) groups excluding carboxylic acids is 2. The van der Waals surface area contributed by atoms with Crippen molar-refractivity contribution in [3.8, 4) is 5.75 Å². The van der Waals surface area contributed by atoms with E-state index in [0.29, 0.717) is 26.1 Å². The van der Waals surface area contributed by atoms with E-state index in [4.69, 9.17) is 4.74 Å². The number of nitrogens with zero attached hydrogens (tertiary/aromatic N) is 2. The Labute approximate surface area is 138 Å². The molecule has 1 heterocycles. The number of rotatable bonds is 5. The highest BCUT2D eigenvalue weighted by Gasteiger charge is 2.28. The van der Waals surface area contributed by atoms with Gasteiger partial charge >= 0.3 is 0 Å². The van der Waals surface area contributed by atoms with Crippen LogP contribution >= 0.6 is 0 Å². The average Bonchev–Trinajstić information content (AvgIpc) is 2.56. The Kier molecular flexibility index (Phi) is 6.02. The van der Waals surface area contributed by atoms with E-state index >= 15 is 0 Å². The minimum absolute atomic E-state index is 0.0551. The lowest BCUT2D eigenvalue weighted by molar-refractivity contribution is -0.138. The van der Waals surface area contributed by atoms with E-state index < -0.39 is 0 Å². The predicted molar refractivity (Wildman–Crippen MR) is 89.3 cm³/mol. The molecule has 1 aromatic carbocycles. The number of hydrogen-bond donors (Lipinski definition) is 0. The van der Waals surface area contributed by atoms with E-state index in [1.165, 1.54) is 0 Å². The molecule has 5 heteroatoms. The number of carbonyl (C=O) groups is 2.